The van der Waals surface area contributed by atoms with Gasteiger partial charge in [-0.1, -0.05) is 0 Å². The molecule has 0 fully saturated rings. The number of imidazole rings is 1. The molecule has 24 heavy (non-hydrogen) atoms. The molecule has 3 aromatic rings. The molecule has 1 unspecified atom stereocenters. The van der Waals surface area contributed by atoms with Crippen molar-refractivity contribution in [3.05, 3.63) is 40.7 Å². The van der Waals surface area contributed by atoms with Gasteiger partial charge in [-0.05, 0) is 49.6 Å². The van der Waals surface area contributed by atoms with Crippen LogP contribution in [0.4, 0.5) is 9.70 Å². The maximum absolute atomic E-state index is 12.9. The highest BCUT2D eigenvalue weighted by Gasteiger charge is 2.16. The molecule has 3 aromatic heterocycles. The Hall–Kier alpha value is -1.93. The van der Waals surface area contributed by atoms with E-state index >= 15 is 0 Å². The molecule has 0 saturated carbocycles. The monoisotopic (exact) mass is 366 g/mol. The number of halogens is 2. The van der Waals surface area contributed by atoms with Gasteiger partial charge in [0.15, 0.2) is 17.0 Å². The summed E-state index contributed by atoms with van der Waals surface area (Å²) in [6.07, 6.45) is 3.37. The van der Waals surface area contributed by atoms with Gasteiger partial charge < -0.3 is 9.88 Å². The van der Waals surface area contributed by atoms with Crippen LogP contribution in [0.1, 0.15) is 29.1 Å². The Morgan fingerprint density at radius 1 is 1.33 bits per heavy atom. The smallest absolute Gasteiger partial charge is 0.226 e. The van der Waals surface area contributed by atoms with Crippen LogP contribution >= 0.6 is 23.7 Å². The molecule has 0 bridgehead atoms. The van der Waals surface area contributed by atoms with E-state index in [9.17, 15) is 3.89 Å². The van der Waals surface area contributed by atoms with Crippen molar-refractivity contribution in [2.45, 2.75) is 32.7 Å². The number of hydrogen-bond acceptors (Lipinski definition) is 6. The lowest BCUT2D eigenvalue weighted by Crippen LogP contribution is -2.06. The van der Waals surface area contributed by atoms with Crippen LogP contribution in [-0.2, 0) is 6.54 Å². The molecule has 0 radical (unpaired) electrons. The zero-order valence-electron chi connectivity index (χ0n) is 13.4. The average molecular weight is 367 g/mol. The van der Waals surface area contributed by atoms with Crippen LogP contribution in [0, 0.1) is 13.8 Å². The zero-order chi connectivity index (χ0) is 17.3. The number of nitrogens with one attached hydrogen (secondary N) is 1. The number of pyridine rings is 1. The summed E-state index contributed by atoms with van der Waals surface area (Å²) in [6, 6.07) is 2.02. The summed E-state index contributed by atoms with van der Waals surface area (Å²) in [4.78, 5) is 17.0. The highest BCUT2D eigenvalue weighted by Crippen LogP contribution is 2.29. The minimum Gasteiger partial charge on any atom is -0.364 e. The summed E-state index contributed by atoms with van der Waals surface area (Å²) in [5.74, 6) is 0.514. The van der Waals surface area contributed by atoms with Crippen molar-refractivity contribution in [1.29, 1.82) is 0 Å². The van der Waals surface area contributed by atoms with Gasteiger partial charge in [0.05, 0.1) is 18.5 Å². The SMILES string of the molecule is Cc1cc(C)c(CNc2nc(Cl)nc3c2ncn3C(C)SF)cn1. The largest absolute Gasteiger partial charge is 0.364 e. The van der Waals surface area contributed by atoms with E-state index < -0.39 is 5.37 Å². The first kappa shape index (κ1) is 16.9. The van der Waals surface area contributed by atoms with Gasteiger partial charge >= 0.3 is 0 Å². The van der Waals surface area contributed by atoms with E-state index in [-0.39, 0.29) is 17.4 Å². The molecule has 3 rings (SSSR count). The van der Waals surface area contributed by atoms with E-state index in [1.54, 1.807) is 11.5 Å². The molecule has 6 nitrogen and oxygen atoms in total. The molecule has 0 amide bonds. The fraction of sp³-hybridized carbons (Fsp3) is 0.333. The number of nitrogens with zero attached hydrogens (tertiary/aromatic N) is 5. The summed E-state index contributed by atoms with van der Waals surface area (Å²) >= 11 is 6.23. The number of aryl methyl sites for hydroxylation is 2. The van der Waals surface area contributed by atoms with Crippen LogP contribution in [-0.4, -0.2) is 24.5 Å². The first-order valence-corrected chi connectivity index (χ1v) is 8.49. The summed E-state index contributed by atoms with van der Waals surface area (Å²) in [6.45, 7) is 6.23. The predicted molar refractivity (Wildman–Crippen MR) is 94.8 cm³/mol. The fourth-order valence-corrected chi connectivity index (χ4v) is 2.82. The van der Waals surface area contributed by atoms with E-state index in [4.69, 9.17) is 11.6 Å². The fourth-order valence-electron chi connectivity index (χ4n) is 2.41. The molecule has 0 saturated heterocycles. The lowest BCUT2D eigenvalue weighted by molar-refractivity contribution is 0.728. The standard InChI is InChI=1S/C15H16ClFN6S/c1-8-4-9(2)18-5-11(8)6-19-13-12-14(22-15(16)21-13)23(7-20-12)10(3)24-17/h4-5,7,10H,6H2,1-3H3,(H,19,21,22). The maximum Gasteiger partial charge on any atom is 0.226 e. The minimum atomic E-state index is -0.447. The van der Waals surface area contributed by atoms with Gasteiger partial charge in [-0.25, -0.2) is 4.98 Å². The summed E-state index contributed by atoms with van der Waals surface area (Å²) in [7, 11) is 0. The lowest BCUT2D eigenvalue weighted by atomic mass is 10.1. The van der Waals surface area contributed by atoms with Gasteiger partial charge in [-0.15, -0.1) is 0 Å². The molecule has 126 valence electrons. The summed E-state index contributed by atoms with van der Waals surface area (Å²) in [5, 5.41) is 2.86. The van der Waals surface area contributed by atoms with Gasteiger partial charge in [0.2, 0.25) is 5.28 Å². The van der Waals surface area contributed by atoms with Crippen molar-refractivity contribution in [2.24, 2.45) is 0 Å². The lowest BCUT2D eigenvalue weighted by Gasteiger charge is -2.11. The van der Waals surface area contributed by atoms with Crippen molar-refractivity contribution >= 4 is 40.7 Å². The Labute approximate surface area is 148 Å². The normalized spacial score (nSPS) is 12.5. The van der Waals surface area contributed by atoms with Gasteiger partial charge in [-0.3, -0.25) is 4.98 Å². The Kier molecular flexibility index (Phi) is 4.86. The van der Waals surface area contributed by atoms with Gasteiger partial charge in [0.25, 0.3) is 0 Å². The van der Waals surface area contributed by atoms with Gasteiger partial charge in [0.1, 0.15) is 5.37 Å². The molecule has 0 spiro atoms. The van der Waals surface area contributed by atoms with E-state index in [0.29, 0.717) is 23.5 Å². The third kappa shape index (κ3) is 3.29. The molecule has 0 aliphatic rings. The average Bonchev–Trinajstić information content (AvgIpc) is 2.96. The predicted octanol–water partition coefficient (Wildman–Crippen LogP) is 4.24. The van der Waals surface area contributed by atoms with Crippen LogP contribution in [0.25, 0.3) is 11.2 Å². The van der Waals surface area contributed by atoms with Gasteiger partial charge in [0, 0.05) is 18.4 Å². The maximum atomic E-state index is 12.9. The number of hydrogen-bond donors (Lipinski definition) is 1. The molecule has 9 heteroatoms. The van der Waals surface area contributed by atoms with Crippen LogP contribution in [0.2, 0.25) is 5.28 Å². The van der Waals surface area contributed by atoms with E-state index in [2.05, 4.69) is 25.3 Å². The molecular formula is C15H16ClFN6S. The summed E-state index contributed by atoms with van der Waals surface area (Å²) < 4.78 is 14.5. The highest BCUT2D eigenvalue weighted by molar-refractivity contribution is 7.94. The Balaban J connectivity index is 1.93. The van der Waals surface area contributed by atoms with Crippen molar-refractivity contribution in [3.8, 4) is 0 Å². The van der Waals surface area contributed by atoms with Gasteiger partial charge in [-0.2, -0.15) is 13.9 Å². The summed E-state index contributed by atoms with van der Waals surface area (Å²) in [5.41, 5.74) is 4.21. The second kappa shape index (κ2) is 6.90. The van der Waals surface area contributed by atoms with Crippen molar-refractivity contribution in [3.63, 3.8) is 0 Å². The number of aromatic nitrogens is 5. The quantitative estimate of drug-likeness (QED) is 0.681. The third-order valence-electron chi connectivity index (χ3n) is 3.72. The molecule has 1 N–H and O–H groups in total. The molecule has 1 atom stereocenters. The first-order valence-electron chi connectivity index (χ1n) is 7.33. The third-order valence-corrected chi connectivity index (χ3v) is 4.37. The second-order valence-corrected chi connectivity index (χ2v) is 6.66. The first-order chi connectivity index (χ1) is 11.5. The van der Waals surface area contributed by atoms with Crippen molar-refractivity contribution in [1.82, 2.24) is 24.5 Å². The number of anilines is 1. The van der Waals surface area contributed by atoms with Crippen LogP contribution in [0.3, 0.4) is 0 Å². The molecular weight excluding hydrogens is 351 g/mol. The topological polar surface area (TPSA) is 68.5 Å². The number of rotatable bonds is 5. The molecule has 3 heterocycles. The van der Waals surface area contributed by atoms with Crippen molar-refractivity contribution in [2.75, 3.05) is 5.32 Å². The van der Waals surface area contributed by atoms with Crippen LogP contribution < -0.4 is 5.32 Å². The molecule has 0 aliphatic heterocycles. The van der Waals surface area contributed by atoms with Crippen molar-refractivity contribution < 1.29 is 3.89 Å². The Bertz CT molecular complexity index is 884. The van der Waals surface area contributed by atoms with E-state index in [1.807, 2.05) is 26.1 Å². The molecule has 0 aliphatic carbocycles. The van der Waals surface area contributed by atoms with Crippen LogP contribution in [0.15, 0.2) is 18.6 Å². The Morgan fingerprint density at radius 3 is 2.83 bits per heavy atom. The zero-order valence-corrected chi connectivity index (χ0v) is 15.0. The highest BCUT2D eigenvalue weighted by atomic mass is 35.5. The van der Waals surface area contributed by atoms with E-state index in [0.717, 1.165) is 16.8 Å². The van der Waals surface area contributed by atoms with Crippen LogP contribution in [0.5, 0.6) is 0 Å². The number of fused-ring (bicyclic) bond motifs is 1. The molecule has 0 aromatic carbocycles. The Morgan fingerprint density at radius 2 is 2.12 bits per heavy atom. The second-order valence-electron chi connectivity index (χ2n) is 5.46. The minimum absolute atomic E-state index is 0.0848. The van der Waals surface area contributed by atoms with E-state index in [1.165, 1.54) is 6.33 Å².